The Labute approximate surface area is 134 Å². The Kier molecular flexibility index (Phi) is 3.94. The van der Waals surface area contributed by atoms with Gasteiger partial charge in [-0.1, -0.05) is 5.16 Å². The first kappa shape index (κ1) is 16.3. The van der Waals surface area contributed by atoms with E-state index < -0.39 is 23.5 Å². The Hall–Kier alpha value is -2.58. The molecule has 1 amide bonds. The molecule has 128 valence electrons. The van der Waals surface area contributed by atoms with Crippen molar-refractivity contribution in [2.75, 3.05) is 18.8 Å². The highest BCUT2D eigenvalue weighted by Crippen LogP contribution is 2.32. The first-order chi connectivity index (χ1) is 11.3. The summed E-state index contributed by atoms with van der Waals surface area (Å²) in [5.41, 5.74) is 4.55. The fraction of sp³-hybridized carbons (Fsp3) is 0.333. The Morgan fingerprint density at radius 2 is 2.08 bits per heavy atom. The number of nitrogens with two attached hydrogens (primary N) is 1. The molecule has 1 aliphatic rings. The van der Waals surface area contributed by atoms with E-state index in [0.717, 1.165) is 6.07 Å². The lowest BCUT2D eigenvalue weighted by Gasteiger charge is -2.17. The van der Waals surface area contributed by atoms with E-state index >= 15 is 0 Å². The summed E-state index contributed by atoms with van der Waals surface area (Å²) in [6.45, 7) is 0.701. The molecule has 0 spiro atoms. The molecular formula is C15H13F4N3O2. The third kappa shape index (κ3) is 3.06. The summed E-state index contributed by atoms with van der Waals surface area (Å²) in [5, 5.41) is 3.79. The van der Waals surface area contributed by atoms with Crippen molar-refractivity contribution in [2.24, 2.45) is 0 Å². The van der Waals surface area contributed by atoms with Gasteiger partial charge in [-0.2, -0.15) is 13.2 Å². The third-order valence-electron chi connectivity index (χ3n) is 3.96. The quantitative estimate of drug-likeness (QED) is 0.851. The fourth-order valence-electron chi connectivity index (χ4n) is 2.74. The van der Waals surface area contributed by atoms with Crippen molar-refractivity contribution in [1.82, 2.24) is 10.1 Å². The van der Waals surface area contributed by atoms with Gasteiger partial charge in [-0.25, -0.2) is 4.39 Å². The molecule has 0 aliphatic carbocycles. The number of carbonyl (C=O) groups excluding carboxylic acids is 1. The number of nitrogens with zero attached hydrogens (tertiary/aromatic N) is 2. The van der Waals surface area contributed by atoms with Gasteiger partial charge in [0, 0.05) is 30.6 Å². The van der Waals surface area contributed by atoms with Crippen LogP contribution in [-0.2, 0) is 6.18 Å². The van der Waals surface area contributed by atoms with Crippen molar-refractivity contribution in [2.45, 2.75) is 18.5 Å². The molecule has 1 atom stereocenters. The van der Waals surface area contributed by atoms with Gasteiger partial charge >= 0.3 is 6.18 Å². The average molecular weight is 343 g/mol. The second kappa shape index (κ2) is 5.81. The van der Waals surface area contributed by atoms with Gasteiger partial charge in [-0.05, 0) is 24.6 Å². The number of aromatic nitrogens is 1. The molecule has 2 aromatic rings. The third-order valence-corrected chi connectivity index (χ3v) is 3.96. The molecular weight excluding hydrogens is 330 g/mol. The van der Waals surface area contributed by atoms with E-state index in [1.165, 1.54) is 4.90 Å². The number of anilines is 1. The summed E-state index contributed by atoms with van der Waals surface area (Å²) >= 11 is 0. The molecule has 1 aromatic carbocycles. The molecule has 5 nitrogen and oxygen atoms in total. The molecule has 0 radical (unpaired) electrons. The van der Waals surface area contributed by atoms with Crippen LogP contribution in [-0.4, -0.2) is 29.1 Å². The molecule has 1 fully saturated rings. The lowest BCUT2D eigenvalue weighted by molar-refractivity contribution is -0.140. The van der Waals surface area contributed by atoms with Crippen molar-refractivity contribution in [3.05, 3.63) is 46.9 Å². The molecule has 1 saturated heterocycles. The van der Waals surface area contributed by atoms with Gasteiger partial charge in [0.05, 0.1) is 11.3 Å². The van der Waals surface area contributed by atoms with E-state index in [4.69, 9.17) is 10.3 Å². The van der Waals surface area contributed by atoms with Crippen LogP contribution in [0.2, 0.25) is 0 Å². The van der Waals surface area contributed by atoms with E-state index in [0.29, 0.717) is 37.3 Å². The van der Waals surface area contributed by atoms with Crippen LogP contribution in [0.15, 0.2) is 28.8 Å². The maximum Gasteiger partial charge on any atom is 0.419 e. The fourth-order valence-corrected chi connectivity index (χ4v) is 2.74. The number of amides is 1. The number of hydrogen-bond donors (Lipinski definition) is 1. The van der Waals surface area contributed by atoms with Crippen LogP contribution in [0, 0.1) is 5.82 Å². The standard InChI is InChI=1S/C15H13F4N3O2/c16-11-5-8(1-2-10(11)15(17,18)19)14(23)22-4-3-9(7-22)12-6-13(20)24-21-12/h1-2,5-6,9H,3-4,7,20H2. The van der Waals surface area contributed by atoms with Gasteiger partial charge in [0.25, 0.3) is 5.91 Å². The highest BCUT2D eigenvalue weighted by atomic mass is 19.4. The average Bonchev–Trinajstić information content (AvgIpc) is 3.13. The van der Waals surface area contributed by atoms with Gasteiger partial charge in [-0.15, -0.1) is 0 Å². The van der Waals surface area contributed by atoms with E-state index in [9.17, 15) is 22.4 Å². The van der Waals surface area contributed by atoms with E-state index in [2.05, 4.69) is 5.16 Å². The summed E-state index contributed by atoms with van der Waals surface area (Å²) in [6.07, 6.45) is -4.18. The summed E-state index contributed by atoms with van der Waals surface area (Å²) in [6, 6.07) is 3.74. The minimum absolute atomic E-state index is 0.0747. The number of hydrogen-bond acceptors (Lipinski definition) is 4. The van der Waals surface area contributed by atoms with Crippen molar-refractivity contribution < 1.29 is 26.9 Å². The van der Waals surface area contributed by atoms with Gasteiger partial charge < -0.3 is 15.2 Å². The van der Waals surface area contributed by atoms with E-state index in [-0.39, 0.29) is 17.4 Å². The van der Waals surface area contributed by atoms with Crippen LogP contribution >= 0.6 is 0 Å². The molecule has 2 heterocycles. The lowest BCUT2D eigenvalue weighted by atomic mass is 10.1. The van der Waals surface area contributed by atoms with Crippen LogP contribution in [0.3, 0.4) is 0 Å². The normalized spacial score (nSPS) is 18.2. The monoisotopic (exact) mass is 343 g/mol. The Balaban J connectivity index is 1.74. The first-order valence-electron chi connectivity index (χ1n) is 7.14. The summed E-state index contributed by atoms with van der Waals surface area (Å²) in [5.74, 6) is -1.90. The maximum absolute atomic E-state index is 13.6. The van der Waals surface area contributed by atoms with E-state index in [1.54, 1.807) is 6.07 Å². The van der Waals surface area contributed by atoms with Crippen LogP contribution < -0.4 is 5.73 Å². The van der Waals surface area contributed by atoms with Gasteiger partial charge in [-0.3, -0.25) is 4.79 Å². The molecule has 0 bridgehead atoms. The minimum Gasteiger partial charge on any atom is -0.368 e. The number of rotatable bonds is 2. The van der Waals surface area contributed by atoms with Crippen molar-refractivity contribution >= 4 is 11.8 Å². The molecule has 3 rings (SSSR count). The first-order valence-corrected chi connectivity index (χ1v) is 7.14. The minimum atomic E-state index is -4.79. The number of carbonyl (C=O) groups is 1. The number of alkyl halides is 3. The summed E-state index contributed by atoms with van der Waals surface area (Å²) in [4.78, 5) is 13.8. The smallest absolute Gasteiger partial charge is 0.368 e. The Morgan fingerprint density at radius 1 is 1.33 bits per heavy atom. The molecule has 24 heavy (non-hydrogen) atoms. The number of nitrogen functional groups attached to an aromatic ring is 1. The second-order valence-corrected chi connectivity index (χ2v) is 5.58. The SMILES string of the molecule is Nc1cc(C2CCN(C(=O)c3ccc(C(F)(F)F)c(F)c3)C2)no1. The van der Waals surface area contributed by atoms with Crippen LogP contribution in [0.4, 0.5) is 23.4 Å². The second-order valence-electron chi connectivity index (χ2n) is 5.58. The van der Waals surface area contributed by atoms with Gasteiger partial charge in [0.2, 0.25) is 5.88 Å². The highest BCUT2D eigenvalue weighted by molar-refractivity contribution is 5.94. The molecule has 1 unspecified atom stereocenters. The topological polar surface area (TPSA) is 72.4 Å². The largest absolute Gasteiger partial charge is 0.419 e. The zero-order valence-electron chi connectivity index (χ0n) is 12.3. The summed E-state index contributed by atoms with van der Waals surface area (Å²) < 4.78 is 56.1. The van der Waals surface area contributed by atoms with Crippen LogP contribution in [0.1, 0.15) is 34.0 Å². The molecule has 9 heteroatoms. The highest BCUT2D eigenvalue weighted by Gasteiger charge is 2.35. The van der Waals surface area contributed by atoms with Crippen LogP contribution in [0.25, 0.3) is 0 Å². The molecule has 1 aliphatic heterocycles. The van der Waals surface area contributed by atoms with Crippen molar-refractivity contribution in [3.63, 3.8) is 0 Å². The summed E-state index contributed by atoms with van der Waals surface area (Å²) in [7, 11) is 0. The number of benzene rings is 1. The predicted molar refractivity (Wildman–Crippen MR) is 75.6 cm³/mol. The maximum atomic E-state index is 13.6. The van der Waals surface area contributed by atoms with Crippen LogP contribution in [0.5, 0.6) is 0 Å². The molecule has 0 saturated carbocycles. The predicted octanol–water partition coefficient (Wildman–Crippen LogP) is 3.04. The van der Waals surface area contributed by atoms with Crippen molar-refractivity contribution in [1.29, 1.82) is 0 Å². The molecule has 2 N–H and O–H groups in total. The number of likely N-dealkylation sites (tertiary alicyclic amines) is 1. The van der Waals surface area contributed by atoms with Gasteiger partial charge in [0.15, 0.2) is 0 Å². The zero-order valence-corrected chi connectivity index (χ0v) is 12.3. The number of halogens is 4. The van der Waals surface area contributed by atoms with E-state index in [1.807, 2.05) is 0 Å². The Morgan fingerprint density at radius 3 is 2.67 bits per heavy atom. The lowest BCUT2D eigenvalue weighted by Crippen LogP contribution is -2.28. The molecule has 1 aromatic heterocycles. The van der Waals surface area contributed by atoms with Crippen molar-refractivity contribution in [3.8, 4) is 0 Å². The Bertz CT molecular complexity index is 772. The van der Waals surface area contributed by atoms with Gasteiger partial charge in [0.1, 0.15) is 5.82 Å². The zero-order chi connectivity index (χ0) is 17.5.